The molecule has 0 spiro atoms. The van der Waals surface area contributed by atoms with Gasteiger partial charge in [-0.3, -0.25) is 9.69 Å². The van der Waals surface area contributed by atoms with E-state index in [1.165, 1.54) is 17.0 Å². The van der Waals surface area contributed by atoms with Crippen molar-refractivity contribution in [1.29, 1.82) is 0 Å². The first-order valence-electron chi connectivity index (χ1n) is 7.62. The topological polar surface area (TPSA) is 76.0 Å². The third-order valence-electron chi connectivity index (χ3n) is 3.88. The maximum Gasteiger partial charge on any atom is 0.258 e. The maximum absolute atomic E-state index is 13.5. The van der Waals surface area contributed by atoms with Gasteiger partial charge in [0.2, 0.25) is 0 Å². The fraction of sp³-hybridized carbons (Fsp3) is 0.294. The quantitative estimate of drug-likeness (QED) is 0.355. The summed E-state index contributed by atoms with van der Waals surface area (Å²) >= 11 is 0. The van der Waals surface area contributed by atoms with Gasteiger partial charge in [-0.15, -0.1) is 0 Å². The molecule has 6 nitrogen and oxygen atoms in total. The number of carbonyl (C=O) groups excluding carboxylic acids is 1. The van der Waals surface area contributed by atoms with Crippen molar-refractivity contribution in [3.8, 4) is 0 Å². The van der Waals surface area contributed by atoms with Crippen LogP contribution in [0.2, 0.25) is 0 Å². The summed E-state index contributed by atoms with van der Waals surface area (Å²) in [5, 5.41) is 2.85. The highest BCUT2D eigenvalue weighted by molar-refractivity contribution is 7.92. The molecule has 2 aliphatic heterocycles. The Labute approximate surface area is 145 Å². The fourth-order valence-corrected chi connectivity index (χ4v) is 4.74. The van der Waals surface area contributed by atoms with Crippen molar-refractivity contribution in [2.45, 2.75) is 25.8 Å². The van der Waals surface area contributed by atoms with Crippen molar-refractivity contribution in [1.82, 2.24) is 4.90 Å². The summed E-state index contributed by atoms with van der Waals surface area (Å²) in [6.45, 7) is 3.20. The molecule has 0 saturated carbocycles. The van der Waals surface area contributed by atoms with Crippen molar-refractivity contribution in [2.24, 2.45) is 5.16 Å². The minimum absolute atomic E-state index is 0.0586. The van der Waals surface area contributed by atoms with Gasteiger partial charge >= 0.3 is 0 Å². The molecular weight excluding hydrogens is 347 g/mol. The largest absolute Gasteiger partial charge is 0.391 e. The Hall–Kier alpha value is -2.48. The number of oxime groups is 1. The molecule has 1 aromatic rings. The summed E-state index contributed by atoms with van der Waals surface area (Å²) in [5.41, 5.74) is 1.48. The molecule has 1 aromatic carbocycles. The molecule has 2 heterocycles. The molecule has 0 bridgehead atoms. The van der Waals surface area contributed by atoms with E-state index >= 15 is 0 Å². The standard InChI is InChI=1S/C17H17FN2O4S/c1-11-8-20-16(21)14(17(20)25(22,23)10-11)7-12(2)19-24-9-13-5-3-4-6-15(13)18/h3-8,17H,9-10H2,1-2H3/b14-7-,19-12-. The number of hydrogen-bond donors (Lipinski definition) is 0. The molecule has 0 N–H and O–H groups in total. The van der Waals surface area contributed by atoms with E-state index < -0.39 is 21.0 Å². The van der Waals surface area contributed by atoms with Crippen molar-refractivity contribution < 1.29 is 22.4 Å². The van der Waals surface area contributed by atoms with Gasteiger partial charge in [-0.2, -0.15) is 0 Å². The first-order chi connectivity index (χ1) is 11.8. The summed E-state index contributed by atoms with van der Waals surface area (Å²) in [5.74, 6) is -0.830. The van der Waals surface area contributed by atoms with Gasteiger partial charge in [-0.25, -0.2) is 12.8 Å². The number of sulfone groups is 1. The van der Waals surface area contributed by atoms with Crippen LogP contribution in [0.25, 0.3) is 0 Å². The average molecular weight is 364 g/mol. The van der Waals surface area contributed by atoms with Crippen LogP contribution in [0.3, 0.4) is 0 Å². The van der Waals surface area contributed by atoms with E-state index in [2.05, 4.69) is 5.16 Å². The highest BCUT2D eigenvalue weighted by Crippen LogP contribution is 2.35. The molecule has 25 heavy (non-hydrogen) atoms. The number of fused-ring (bicyclic) bond motifs is 1. The van der Waals surface area contributed by atoms with Crippen molar-refractivity contribution >= 4 is 21.5 Å². The Morgan fingerprint density at radius 2 is 2.16 bits per heavy atom. The zero-order chi connectivity index (χ0) is 18.2. The SMILES string of the molecule is CC1=CN2C(=O)/C(=C/C(C)=N\OCc3ccccc3F)C2S(=O)(=O)C1. The molecular formula is C17H17FN2O4S. The van der Waals surface area contributed by atoms with Gasteiger partial charge in [0.15, 0.2) is 15.2 Å². The Kier molecular flexibility index (Phi) is 4.47. The Morgan fingerprint density at radius 1 is 1.44 bits per heavy atom. The van der Waals surface area contributed by atoms with E-state index in [4.69, 9.17) is 4.84 Å². The number of nitrogens with zero attached hydrogens (tertiary/aromatic N) is 2. The van der Waals surface area contributed by atoms with E-state index in [1.54, 1.807) is 38.2 Å². The molecule has 8 heteroatoms. The van der Waals surface area contributed by atoms with Gasteiger partial charge in [0.1, 0.15) is 12.4 Å². The second-order valence-electron chi connectivity index (χ2n) is 6.04. The van der Waals surface area contributed by atoms with Crippen LogP contribution in [0.15, 0.2) is 52.8 Å². The molecule has 3 rings (SSSR count). The minimum Gasteiger partial charge on any atom is -0.391 e. The summed E-state index contributed by atoms with van der Waals surface area (Å²) in [7, 11) is -3.45. The molecule has 1 amide bonds. The number of carbonyl (C=O) groups is 1. The third kappa shape index (κ3) is 3.34. The number of β-lactam (4-membered cyclic amide) rings is 1. The molecule has 132 valence electrons. The minimum atomic E-state index is -3.45. The second-order valence-corrected chi connectivity index (χ2v) is 8.11. The van der Waals surface area contributed by atoms with Gasteiger partial charge < -0.3 is 4.84 Å². The van der Waals surface area contributed by atoms with Gasteiger partial charge in [0, 0.05) is 11.8 Å². The molecule has 1 fully saturated rings. The number of amides is 1. The van der Waals surface area contributed by atoms with Crippen LogP contribution in [0.5, 0.6) is 0 Å². The lowest BCUT2D eigenvalue weighted by atomic mass is 10.0. The van der Waals surface area contributed by atoms with E-state index in [0.717, 1.165) is 0 Å². The zero-order valence-corrected chi connectivity index (χ0v) is 14.6. The Bertz CT molecular complexity index is 918. The molecule has 2 aliphatic rings. The van der Waals surface area contributed by atoms with Crippen molar-refractivity contribution in [2.75, 3.05) is 5.75 Å². The Balaban J connectivity index is 1.72. The van der Waals surface area contributed by atoms with Crippen LogP contribution in [0, 0.1) is 5.82 Å². The van der Waals surface area contributed by atoms with E-state index in [0.29, 0.717) is 16.8 Å². The van der Waals surface area contributed by atoms with E-state index in [-0.39, 0.29) is 23.8 Å². The molecule has 0 aromatic heterocycles. The average Bonchev–Trinajstić information content (AvgIpc) is 2.53. The van der Waals surface area contributed by atoms with E-state index in [1.807, 2.05) is 0 Å². The van der Waals surface area contributed by atoms with Crippen LogP contribution in [0.4, 0.5) is 4.39 Å². The Morgan fingerprint density at radius 3 is 2.88 bits per heavy atom. The lowest BCUT2D eigenvalue weighted by molar-refractivity contribution is -0.130. The van der Waals surface area contributed by atoms with Gasteiger partial charge in [-0.1, -0.05) is 23.4 Å². The maximum atomic E-state index is 13.5. The molecule has 1 atom stereocenters. The number of allylic oxidation sites excluding steroid dienone is 1. The van der Waals surface area contributed by atoms with Crippen LogP contribution < -0.4 is 0 Å². The number of hydrogen-bond acceptors (Lipinski definition) is 5. The number of rotatable bonds is 4. The monoisotopic (exact) mass is 364 g/mol. The summed E-state index contributed by atoms with van der Waals surface area (Å²) < 4.78 is 38.0. The second kappa shape index (κ2) is 6.44. The van der Waals surface area contributed by atoms with Gasteiger partial charge in [0.25, 0.3) is 5.91 Å². The van der Waals surface area contributed by atoms with Crippen LogP contribution >= 0.6 is 0 Å². The lowest BCUT2D eigenvalue weighted by Gasteiger charge is -2.42. The summed E-state index contributed by atoms with van der Waals surface area (Å²) in [4.78, 5) is 18.4. The summed E-state index contributed by atoms with van der Waals surface area (Å²) in [6, 6.07) is 6.16. The number of benzene rings is 1. The first-order valence-corrected chi connectivity index (χ1v) is 9.34. The molecule has 0 aliphatic carbocycles. The van der Waals surface area contributed by atoms with Crippen molar-refractivity contribution in [3.63, 3.8) is 0 Å². The lowest BCUT2D eigenvalue weighted by Crippen LogP contribution is -2.58. The van der Waals surface area contributed by atoms with Gasteiger partial charge in [0.05, 0.1) is 17.0 Å². The van der Waals surface area contributed by atoms with Crippen LogP contribution in [-0.4, -0.2) is 36.1 Å². The van der Waals surface area contributed by atoms with Crippen LogP contribution in [-0.2, 0) is 26.1 Å². The normalized spacial score (nSPS) is 23.8. The molecule has 1 unspecified atom stereocenters. The fourth-order valence-electron chi connectivity index (χ4n) is 2.81. The number of halogens is 1. The molecule has 0 radical (unpaired) electrons. The smallest absolute Gasteiger partial charge is 0.258 e. The highest BCUT2D eigenvalue weighted by Gasteiger charge is 2.51. The highest BCUT2D eigenvalue weighted by atomic mass is 32.2. The third-order valence-corrected chi connectivity index (χ3v) is 5.90. The first kappa shape index (κ1) is 17.3. The zero-order valence-electron chi connectivity index (χ0n) is 13.8. The van der Waals surface area contributed by atoms with Gasteiger partial charge in [-0.05, 0) is 31.6 Å². The molecule has 1 saturated heterocycles. The van der Waals surface area contributed by atoms with Crippen molar-refractivity contribution in [3.05, 3.63) is 59.1 Å². The van der Waals surface area contributed by atoms with Crippen LogP contribution in [0.1, 0.15) is 19.4 Å². The predicted molar refractivity (Wildman–Crippen MR) is 90.6 cm³/mol. The van der Waals surface area contributed by atoms with E-state index in [9.17, 15) is 17.6 Å². The summed E-state index contributed by atoms with van der Waals surface area (Å²) in [6.07, 6.45) is 2.96. The predicted octanol–water partition coefficient (Wildman–Crippen LogP) is 2.15.